The lowest BCUT2D eigenvalue weighted by Crippen LogP contribution is -1.91. The van der Waals surface area contributed by atoms with Crippen molar-refractivity contribution in [2.75, 3.05) is 0 Å². The maximum atomic E-state index is 3.51. The highest BCUT2D eigenvalue weighted by Gasteiger charge is 1.77. The zero-order valence-corrected chi connectivity index (χ0v) is 5.57. The Morgan fingerprint density at radius 2 is 2.38 bits per heavy atom. The molecule has 0 aromatic rings. The summed E-state index contributed by atoms with van der Waals surface area (Å²) in [7, 11) is 0. The van der Waals surface area contributed by atoms with Gasteiger partial charge in [-0.05, 0) is 25.7 Å². The van der Waals surface area contributed by atoms with E-state index in [1.165, 1.54) is 5.57 Å². The Balaban J connectivity index is 3.40. The van der Waals surface area contributed by atoms with Gasteiger partial charge < -0.3 is 5.32 Å². The van der Waals surface area contributed by atoms with Gasteiger partial charge in [-0.3, -0.25) is 0 Å². The molecule has 1 N–H and O–H groups in total. The molecule has 8 heavy (non-hydrogen) atoms. The Kier molecular flexibility index (Phi) is 4.04. The van der Waals surface area contributed by atoms with Gasteiger partial charge in [-0.15, -0.1) is 0 Å². The second-order valence-electron chi connectivity index (χ2n) is 1.72. The number of hydrogen-bond donors (Lipinski definition) is 1. The molecule has 0 aromatic heterocycles. The van der Waals surface area contributed by atoms with Crippen molar-refractivity contribution in [3.8, 4) is 0 Å². The summed E-state index contributed by atoms with van der Waals surface area (Å²) < 4.78 is 0. The molecule has 0 aliphatic heterocycles. The Morgan fingerprint density at radius 3 is 2.75 bits per heavy atom. The van der Waals surface area contributed by atoms with Crippen molar-refractivity contribution in [3.05, 3.63) is 24.6 Å². The maximum absolute atomic E-state index is 3.51. The first kappa shape index (κ1) is 7.28. The predicted molar refractivity (Wildman–Crippen MR) is 37.4 cm³/mol. The zero-order chi connectivity index (χ0) is 6.41. The summed E-state index contributed by atoms with van der Waals surface area (Å²) in [4.78, 5) is 0. The molecule has 0 atom stereocenters. The minimum Gasteiger partial charge on any atom is -0.368 e. The summed E-state index contributed by atoms with van der Waals surface area (Å²) in [5.41, 5.74) is 1.34. The molecule has 0 heterocycles. The molecule has 0 saturated carbocycles. The van der Waals surface area contributed by atoms with Crippen molar-refractivity contribution in [2.24, 2.45) is 0 Å². The van der Waals surface area contributed by atoms with Crippen LogP contribution < -0.4 is 5.32 Å². The van der Waals surface area contributed by atoms with Gasteiger partial charge in [-0.1, -0.05) is 19.1 Å². The van der Waals surface area contributed by atoms with Crippen molar-refractivity contribution in [2.45, 2.75) is 20.3 Å². The molecule has 0 saturated heterocycles. The van der Waals surface area contributed by atoms with E-state index in [1.54, 1.807) is 6.20 Å². The fourth-order valence-electron chi connectivity index (χ4n) is 0.303. The van der Waals surface area contributed by atoms with Crippen LogP contribution in [-0.2, 0) is 0 Å². The first-order chi connectivity index (χ1) is 3.81. The van der Waals surface area contributed by atoms with Gasteiger partial charge in [-0.2, -0.15) is 0 Å². The zero-order valence-electron chi connectivity index (χ0n) is 5.57. The minimum atomic E-state index is 1.10. The molecule has 0 spiro atoms. The molecular formula is C7H13N. The molecule has 0 bridgehead atoms. The van der Waals surface area contributed by atoms with Gasteiger partial charge in [0.25, 0.3) is 0 Å². The van der Waals surface area contributed by atoms with E-state index < -0.39 is 0 Å². The first-order valence-corrected chi connectivity index (χ1v) is 2.83. The standard InChI is InChI=1S/C7H13N/c1-4-7(3)6-8-5-2/h5-6,8H,2,4H2,1,3H3/b7-6-. The van der Waals surface area contributed by atoms with Gasteiger partial charge in [0, 0.05) is 0 Å². The number of allylic oxidation sites excluding steroid dienone is 1. The first-order valence-electron chi connectivity index (χ1n) is 2.83. The Bertz CT molecular complexity index is 92.6. The smallest absolute Gasteiger partial charge is 0.000675 e. The largest absolute Gasteiger partial charge is 0.368 e. The Morgan fingerprint density at radius 1 is 1.75 bits per heavy atom. The highest BCUT2D eigenvalue weighted by molar-refractivity contribution is 4.96. The van der Waals surface area contributed by atoms with E-state index in [2.05, 4.69) is 25.7 Å². The molecule has 0 unspecified atom stereocenters. The van der Waals surface area contributed by atoms with Gasteiger partial charge in [0.2, 0.25) is 0 Å². The van der Waals surface area contributed by atoms with Crippen LogP contribution in [0.1, 0.15) is 20.3 Å². The lowest BCUT2D eigenvalue weighted by Gasteiger charge is -1.92. The van der Waals surface area contributed by atoms with E-state index in [9.17, 15) is 0 Å². The van der Waals surface area contributed by atoms with Crippen LogP contribution in [0.25, 0.3) is 0 Å². The Labute approximate surface area is 51.1 Å². The third-order valence-electron chi connectivity index (χ3n) is 1.01. The van der Waals surface area contributed by atoms with Crippen molar-refractivity contribution in [3.63, 3.8) is 0 Å². The number of hydrogen-bond acceptors (Lipinski definition) is 1. The molecule has 0 amide bonds. The second-order valence-corrected chi connectivity index (χ2v) is 1.72. The fourth-order valence-corrected chi connectivity index (χ4v) is 0.303. The van der Waals surface area contributed by atoms with Crippen LogP contribution in [0.2, 0.25) is 0 Å². The van der Waals surface area contributed by atoms with Crippen LogP contribution in [0.15, 0.2) is 24.6 Å². The van der Waals surface area contributed by atoms with Gasteiger partial charge in [0.1, 0.15) is 0 Å². The van der Waals surface area contributed by atoms with Crippen molar-refractivity contribution >= 4 is 0 Å². The predicted octanol–water partition coefficient (Wildman–Crippen LogP) is 2.03. The molecule has 0 rings (SSSR count). The van der Waals surface area contributed by atoms with E-state index in [4.69, 9.17) is 0 Å². The summed E-state index contributed by atoms with van der Waals surface area (Å²) in [6, 6.07) is 0. The summed E-state index contributed by atoms with van der Waals surface area (Å²) >= 11 is 0. The third-order valence-corrected chi connectivity index (χ3v) is 1.01. The highest BCUT2D eigenvalue weighted by atomic mass is 14.8. The van der Waals surface area contributed by atoms with Gasteiger partial charge >= 0.3 is 0 Å². The van der Waals surface area contributed by atoms with E-state index in [0.29, 0.717) is 0 Å². The maximum Gasteiger partial charge on any atom is -0.000675 e. The van der Waals surface area contributed by atoms with Crippen LogP contribution >= 0.6 is 0 Å². The normalized spacial score (nSPS) is 11.0. The second kappa shape index (κ2) is 4.44. The summed E-state index contributed by atoms with van der Waals surface area (Å²) in [6.07, 6.45) is 4.72. The van der Waals surface area contributed by atoms with Crippen LogP contribution in [0, 0.1) is 0 Å². The average molecular weight is 111 g/mol. The summed E-state index contributed by atoms with van der Waals surface area (Å²) in [5.74, 6) is 0. The highest BCUT2D eigenvalue weighted by Crippen LogP contribution is 1.93. The number of nitrogens with one attached hydrogen (secondary N) is 1. The number of rotatable bonds is 3. The third kappa shape index (κ3) is 3.47. The molecule has 0 radical (unpaired) electrons. The SMILES string of the molecule is C=CN/C=C(/C)CC. The monoisotopic (exact) mass is 111 g/mol. The van der Waals surface area contributed by atoms with E-state index in [-0.39, 0.29) is 0 Å². The van der Waals surface area contributed by atoms with Crippen molar-refractivity contribution in [1.29, 1.82) is 0 Å². The lowest BCUT2D eigenvalue weighted by molar-refractivity contribution is 1.04. The van der Waals surface area contributed by atoms with Crippen molar-refractivity contribution in [1.82, 2.24) is 5.32 Å². The van der Waals surface area contributed by atoms with Crippen LogP contribution in [0.4, 0.5) is 0 Å². The fraction of sp³-hybridized carbons (Fsp3) is 0.429. The summed E-state index contributed by atoms with van der Waals surface area (Å²) in [6.45, 7) is 7.71. The minimum absolute atomic E-state index is 1.10. The molecule has 0 aliphatic carbocycles. The van der Waals surface area contributed by atoms with E-state index in [1.807, 2.05) is 6.20 Å². The molecule has 0 aliphatic rings. The summed E-state index contributed by atoms with van der Waals surface area (Å²) in [5, 5.41) is 2.90. The van der Waals surface area contributed by atoms with Crippen LogP contribution in [0.5, 0.6) is 0 Å². The van der Waals surface area contributed by atoms with E-state index >= 15 is 0 Å². The molecule has 46 valence electrons. The van der Waals surface area contributed by atoms with Gasteiger partial charge in [-0.25, -0.2) is 0 Å². The van der Waals surface area contributed by atoms with Gasteiger partial charge in [0.05, 0.1) is 0 Å². The van der Waals surface area contributed by atoms with Crippen molar-refractivity contribution < 1.29 is 0 Å². The molecule has 0 fully saturated rings. The topological polar surface area (TPSA) is 12.0 Å². The van der Waals surface area contributed by atoms with Crippen LogP contribution in [-0.4, -0.2) is 0 Å². The quantitative estimate of drug-likeness (QED) is 0.587. The lowest BCUT2D eigenvalue weighted by atomic mass is 10.3. The average Bonchev–Trinajstić information content (AvgIpc) is 1.83. The molecule has 1 nitrogen and oxygen atoms in total. The van der Waals surface area contributed by atoms with Gasteiger partial charge in [0.15, 0.2) is 0 Å². The van der Waals surface area contributed by atoms with E-state index in [0.717, 1.165) is 6.42 Å². The Hall–Kier alpha value is -0.720. The molecular weight excluding hydrogens is 98.1 g/mol. The van der Waals surface area contributed by atoms with Crippen LogP contribution in [0.3, 0.4) is 0 Å². The molecule has 1 heteroatoms. The molecule has 0 aromatic carbocycles.